The monoisotopic (exact) mass is 343 g/mol. The third kappa shape index (κ3) is 3.18. The van der Waals surface area contributed by atoms with Gasteiger partial charge in [0.25, 0.3) is 5.91 Å². The molecule has 0 aliphatic heterocycles. The summed E-state index contributed by atoms with van der Waals surface area (Å²) in [5.74, 6) is -1.25. The number of nitrogens with zero attached hydrogens (tertiary/aromatic N) is 3. The molecule has 2 aromatic heterocycles. The predicted octanol–water partition coefficient (Wildman–Crippen LogP) is 2.89. The van der Waals surface area contributed by atoms with E-state index in [4.69, 9.17) is 28.3 Å². The van der Waals surface area contributed by atoms with E-state index in [2.05, 4.69) is 4.98 Å². The van der Waals surface area contributed by atoms with Crippen molar-refractivity contribution in [2.45, 2.75) is 20.3 Å². The largest absolute Gasteiger partial charge is 0.481 e. The minimum Gasteiger partial charge on any atom is -0.481 e. The second kappa shape index (κ2) is 6.54. The first-order chi connectivity index (χ1) is 10.3. The number of amides is 1. The molecule has 0 saturated heterocycles. The molecular formula is C14H15Cl2N3O3. The van der Waals surface area contributed by atoms with Crippen LogP contribution in [-0.4, -0.2) is 44.4 Å². The molecule has 8 heteroatoms. The molecule has 2 heterocycles. The highest BCUT2D eigenvalue weighted by Gasteiger charge is 2.23. The highest BCUT2D eigenvalue weighted by molar-refractivity contribution is 6.36. The SMILES string of the molecule is CCN(CCC(=O)O)C(=O)c1c(C)nc2c(Cl)cc(Cl)cn12. The Morgan fingerprint density at radius 1 is 1.41 bits per heavy atom. The van der Waals surface area contributed by atoms with Crippen molar-refractivity contribution in [1.82, 2.24) is 14.3 Å². The van der Waals surface area contributed by atoms with Crippen LogP contribution in [0.2, 0.25) is 10.0 Å². The van der Waals surface area contributed by atoms with E-state index >= 15 is 0 Å². The van der Waals surface area contributed by atoms with Gasteiger partial charge in [0.2, 0.25) is 0 Å². The number of aromatic nitrogens is 2. The number of pyridine rings is 1. The maximum Gasteiger partial charge on any atom is 0.305 e. The number of hydrogen-bond acceptors (Lipinski definition) is 3. The molecule has 2 aromatic rings. The van der Waals surface area contributed by atoms with E-state index in [0.29, 0.717) is 33.6 Å². The lowest BCUT2D eigenvalue weighted by Crippen LogP contribution is -2.34. The summed E-state index contributed by atoms with van der Waals surface area (Å²) in [4.78, 5) is 29.2. The standard InChI is InChI=1S/C14H15Cl2N3O3/c1-3-18(5-4-11(20)21)14(22)12-8(2)17-13-10(16)6-9(15)7-19(12)13/h6-7H,3-5H2,1-2H3,(H,20,21). The Kier molecular flexibility index (Phi) is 4.93. The average molecular weight is 344 g/mol. The van der Waals surface area contributed by atoms with E-state index in [9.17, 15) is 9.59 Å². The molecule has 2 rings (SSSR count). The van der Waals surface area contributed by atoms with E-state index in [1.807, 2.05) is 0 Å². The number of fused-ring (bicyclic) bond motifs is 1. The topological polar surface area (TPSA) is 74.9 Å². The Morgan fingerprint density at radius 2 is 2.09 bits per heavy atom. The van der Waals surface area contributed by atoms with Crippen LogP contribution in [0, 0.1) is 6.92 Å². The summed E-state index contributed by atoms with van der Waals surface area (Å²) in [6.45, 7) is 4.02. The number of carboxylic acids is 1. The van der Waals surface area contributed by atoms with Crippen LogP contribution in [-0.2, 0) is 4.79 Å². The highest BCUT2D eigenvalue weighted by Crippen LogP contribution is 2.25. The first-order valence-corrected chi connectivity index (χ1v) is 7.45. The fourth-order valence-electron chi connectivity index (χ4n) is 2.23. The molecule has 0 aliphatic carbocycles. The van der Waals surface area contributed by atoms with Gasteiger partial charge in [-0.1, -0.05) is 23.2 Å². The maximum atomic E-state index is 12.7. The number of carbonyl (C=O) groups is 2. The summed E-state index contributed by atoms with van der Waals surface area (Å²) >= 11 is 12.1. The van der Waals surface area contributed by atoms with E-state index in [1.165, 1.54) is 4.90 Å². The quantitative estimate of drug-likeness (QED) is 0.905. The number of carbonyl (C=O) groups excluding carboxylic acids is 1. The lowest BCUT2D eigenvalue weighted by molar-refractivity contribution is -0.137. The van der Waals surface area contributed by atoms with Crippen molar-refractivity contribution in [3.8, 4) is 0 Å². The van der Waals surface area contributed by atoms with Gasteiger partial charge in [-0.25, -0.2) is 4.98 Å². The normalized spacial score (nSPS) is 10.9. The molecule has 0 unspecified atom stereocenters. The lowest BCUT2D eigenvalue weighted by Gasteiger charge is -2.20. The van der Waals surface area contributed by atoms with Gasteiger partial charge in [0, 0.05) is 19.3 Å². The van der Waals surface area contributed by atoms with Gasteiger partial charge in [-0.2, -0.15) is 0 Å². The summed E-state index contributed by atoms with van der Waals surface area (Å²) in [5, 5.41) is 9.52. The average Bonchev–Trinajstić information content (AvgIpc) is 2.75. The van der Waals surface area contributed by atoms with E-state index in [0.717, 1.165) is 0 Å². The third-order valence-electron chi connectivity index (χ3n) is 3.28. The number of rotatable bonds is 5. The van der Waals surface area contributed by atoms with Crippen LogP contribution in [0.4, 0.5) is 0 Å². The van der Waals surface area contributed by atoms with E-state index < -0.39 is 5.97 Å². The molecule has 118 valence electrons. The molecule has 0 aromatic carbocycles. The number of hydrogen-bond donors (Lipinski definition) is 1. The molecule has 0 spiro atoms. The Morgan fingerprint density at radius 3 is 2.68 bits per heavy atom. The van der Waals surface area contributed by atoms with Crippen LogP contribution in [0.3, 0.4) is 0 Å². The van der Waals surface area contributed by atoms with Gasteiger partial charge < -0.3 is 10.0 Å². The van der Waals surface area contributed by atoms with Crippen molar-refractivity contribution in [1.29, 1.82) is 0 Å². The third-order valence-corrected chi connectivity index (χ3v) is 3.77. The van der Waals surface area contributed by atoms with Crippen LogP contribution < -0.4 is 0 Å². The number of imidazole rings is 1. The summed E-state index contributed by atoms with van der Waals surface area (Å²) in [6.07, 6.45) is 1.46. The van der Waals surface area contributed by atoms with Gasteiger partial charge in [0.15, 0.2) is 5.65 Å². The van der Waals surface area contributed by atoms with Crippen LogP contribution in [0.15, 0.2) is 12.3 Å². The first-order valence-electron chi connectivity index (χ1n) is 6.70. The Balaban J connectivity index is 2.46. The smallest absolute Gasteiger partial charge is 0.305 e. The van der Waals surface area contributed by atoms with Crippen LogP contribution in [0.5, 0.6) is 0 Å². The second-order valence-electron chi connectivity index (χ2n) is 4.77. The van der Waals surface area contributed by atoms with Gasteiger partial charge in [-0.15, -0.1) is 0 Å². The van der Waals surface area contributed by atoms with Crippen molar-refractivity contribution in [2.75, 3.05) is 13.1 Å². The highest BCUT2D eigenvalue weighted by atomic mass is 35.5. The van der Waals surface area contributed by atoms with Crippen molar-refractivity contribution in [3.63, 3.8) is 0 Å². The summed E-state index contributed by atoms with van der Waals surface area (Å²) in [6, 6.07) is 1.56. The maximum absolute atomic E-state index is 12.7. The minimum absolute atomic E-state index is 0.114. The van der Waals surface area contributed by atoms with Crippen LogP contribution >= 0.6 is 23.2 Å². The fraction of sp³-hybridized carbons (Fsp3) is 0.357. The van der Waals surface area contributed by atoms with Crippen molar-refractivity contribution >= 4 is 40.7 Å². The van der Waals surface area contributed by atoms with Crippen LogP contribution in [0.25, 0.3) is 5.65 Å². The number of halogens is 2. The summed E-state index contributed by atoms with van der Waals surface area (Å²) in [5.41, 5.74) is 1.30. The Labute approximate surface area is 137 Å². The first kappa shape index (κ1) is 16.6. The fourth-order valence-corrected chi connectivity index (χ4v) is 2.74. The number of aliphatic carboxylic acids is 1. The molecule has 0 bridgehead atoms. The van der Waals surface area contributed by atoms with Gasteiger partial charge in [-0.3, -0.25) is 14.0 Å². The zero-order valence-corrected chi connectivity index (χ0v) is 13.6. The molecule has 1 N–H and O–H groups in total. The zero-order valence-electron chi connectivity index (χ0n) is 12.1. The van der Waals surface area contributed by atoms with Gasteiger partial charge in [0.05, 0.1) is 22.2 Å². The summed E-state index contributed by atoms with van der Waals surface area (Å²) < 4.78 is 1.55. The molecule has 6 nitrogen and oxygen atoms in total. The Bertz CT molecular complexity index is 742. The molecule has 22 heavy (non-hydrogen) atoms. The zero-order chi connectivity index (χ0) is 16.4. The van der Waals surface area contributed by atoms with Crippen molar-refractivity contribution in [3.05, 3.63) is 33.7 Å². The van der Waals surface area contributed by atoms with Crippen molar-refractivity contribution in [2.24, 2.45) is 0 Å². The number of carboxylic acid groups (broad SMARTS) is 1. The summed E-state index contributed by atoms with van der Waals surface area (Å²) in [7, 11) is 0. The number of aryl methyl sites for hydroxylation is 1. The minimum atomic E-state index is -0.952. The van der Waals surface area contributed by atoms with Crippen LogP contribution in [0.1, 0.15) is 29.5 Å². The van der Waals surface area contributed by atoms with E-state index in [1.54, 1.807) is 30.5 Å². The molecular weight excluding hydrogens is 329 g/mol. The van der Waals surface area contributed by atoms with E-state index in [-0.39, 0.29) is 18.9 Å². The lowest BCUT2D eigenvalue weighted by atomic mass is 10.2. The molecule has 0 aliphatic rings. The van der Waals surface area contributed by atoms with Gasteiger partial charge in [-0.05, 0) is 19.9 Å². The van der Waals surface area contributed by atoms with Gasteiger partial charge >= 0.3 is 5.97 Å². The van der Waals surface area contributed by atoms with Crippen molar-refractivity contribution < 1.29 is 14.7 Å². The molecule has 0 saturated carbocycles. The predicted molar refractivity (Wildman–Crippen MR) is 83.8 cm³/mol. The molecule has 1 amide bonds. The molecule has 0 fully saturated rings. The van der Waals surface area contributed by atoms with Gasteiger partial charge in [0.1, 0.15) is 5.69 Å². The molecule has 0 atom stereocenters. The molecule has 0 radical (unpaired) electrons. The second-order valence-corrected chi connectivity index (χ2v) is 5.62. The Hall–Kier alpha value is -1.79.